The first kappa shape index (κ1) is 18.0. The number of alkyl halides is 1. The third-order valence-electron chi connectivity index (χ3n) is 2.84. The first-order valence-electron chi connectivity index (χ1n) is 6.69. The van der Waals surface area contributed by atoms with Crippen molar-refractivity contribution in [2.45, 2.75) is 70.3 Å². The summed E-state index contributed by atoms with van der Waals surface area (Å²) in [5.74, 6) is 0. The molecule has 0 saturated heterocycles. The van der Waals surface area contributed by atoms with Crippen molar-refractivity contribution in [2.24, 2.45) is 0 Å². The Labute approximate surface area is 120 Å². The van der Waals surface area contributed by atoms with Crippen molar-refractivity contribution in [1.29, 1.82) is 0 Å². The molecule has 0 aromatic carbocycles. The van der Waals surface area contributed by atoms with E-state index in [4.69, 9.17) is 33.2 Å². The van der Waals surface area contributed by atoms with Gasteiger partial charge in [0.05, 0.1) is 6.67 Å². The molecule has 0 heterocycles. The summed E-state index contributed by atoms with van der Waals surface area (Å²) in [6.45, 7) is -0.160. The number of hydrogen-bond donors (Lipinski definition) is 0. The van der Waals surface area contributed by atoms with Crippen LogP contribution in [0.5, 0.6) is 0 Å². The van der Waals surface area contributed by atoms with E-state index in [0.717, 1.165) is 25.3 Å². The molecule has 0 N–H and O–H groups in total. The van der Waals surface area contributed by atoms with Gasteiger partial charge in [0.15, 0.2) is 0 Å². The highest BCUT2D eigenvalue weighted by molar-refractivity contribution is 7.64. The predicted molar refractivity (Wildman–Crippen MR) is 80.3 cm³/mol. The molecule has 104 valence electrons. The monoisotopic (exact) mass is 320 g/mol. The quantitative estimate of drug-likeness (QED) is 0.218. The van der Waals surface area contributed by atoms with Gasteiger partial charge in [-0.3, -0.25) is 4.39 Å². The fourth-order valence-electron chi connectivity index (χ4n) is 1.83. The normalized spacial score (nSPS) is 12.0. The molecule has 0 aliphatic rings. The molecule has 0 aromatic rings. The van der Waals surface area contributed by atoms with E-state index in [9.17, 15) is 4.39 Å². The van der Waals surface area contributed by atoms with Gasteiger partial charge in [0.25, 0.3) is 0 Å². The summed E-state index contributed by atoms with van der Waals surface area (Å²) in [7, 11) is 0. The largest absolute Gasteiger partial charge is 0.341 e. The Bertz CT molecular complexity index is 162. The fraction of sp³-hybridized carbons (Fsp3) is 1.00. The van der Waals surface area contributed by atoms with Gasteiger partial charge in [-0.1, -0.05) is 57.8 Å². The lowest BCUT2D eigenvalue weighted by Crippen LogP contribution is -2.07. The first-order chi connectivity index (χ1) is 8.06. The van der Waals surface area contributed by atoms with Gasteiger partial charge in [-0.25, -0.2) is 0 Å². The Morgan fingerprint density at radius 3 is 1.29 bits per heavy atom. The molecule has 0 aromatic heterocycles. The van der Waals surface area contributed by atoms with Crippen LogP contribution in [0.25, 0.3) is 0 Å². The van der Waals surface area contributed by atoms with E-state index in [1.165, 1.54) is 44.9 Å². The van der Waals surface area contributed by atoms with Crippen LogP contribution in [0.3, 0.4) is 0 Å². The molecule has 0 radical (unpaired) electrons. The zero-order valence-corrected chi connectivity index (χ0v) is 13.8. The molecule has 0 nitrogen and oxygen atoms in total. The molecule has 0 atom stereocenters. The molecule has 0 aliphatic heterocycles. The summed E-state index contributed by atoms with van der Waals surface area (Å²) in [5.41, 5.74) is 0. The topological polar surface area (TPSA) is 0 Å². The predicted octanol–water partition coefficient (Wildman–Crippen LogP) is 6.51. The maximum Gasteiger partial charge on any atom is 0.341 e. The molecule has 0 saturated carbocycles. The minimum atomic E-state index is -2.37. The summed E-state index contributed by atoms with van der Waals surface area (Å²) in [5, 5.41) is 0. The lowest BCUT2D eigenvalue weighted by atomic mass is 10.1. The Kier molecular flexibility index (Phi) is 12.8. The van der Waals surface area contributed by atoms with Gasteiger partial charge in [-0.05, 0) is 12.5 Å². The Morgan fingerprint density at radius 1 is 0.588 bits per heavy atom. The Hall–Kier alpha value is 1.02. The molecule has 0 fully saturated rings. The molecule has 0 bridgehead atoms. The lowest BCUT2D eigenvalue weighted by Gasteiger charge is -2.06. The van der Waals surface area contributed by atoms with Gasteiger partial charge in [0, 0.05) is 0 Å². The van der Waals surface area contributed by atoms with Crippen LogP contribution >= 0.6 is 33.2 Å². The standard InChI is InChI=1S/C12H24Cl3FSi/c13-17(14,15)12-10-8-6-4-2-1-3-5-7-9-11-16/h1-12H2. The van der Waals surface area contributed by atoms with Crippen molar-refractivity contribution in [3.63, 3.8) is 0 Å². The molecule has 0 aliphatic carbocycles. The SMILES string of the molecule is FCCCCCCCCCCCC[Si](Cl)(Cl)Cl. The summed E-state index contributed by atoms with van der Waals surface area (Å²) < 4.78 is 11.8. The summed E-state index contributed by atoms with van der Waals surface area (Å²) in [6.07, 6.45) is 11.6. The third-order valence-corrected chi connectivity index (χ3v) is 5.47. The van der Waals surface area contributed by atoms with Crippen molar-refractivity contribution in [2.75, 3.05) is 6.67 Å². The average Bonchev–Trinajstić information content (AvgIpc) is 2.24. The summed E-state index contributed by atoms with van der Waals surface area (Å²) in [6, 6.07) is -1.57. The van der Waals surface area contributed by atoms with Crippen LogP contribution in [0.4, 0.5) is 4.39 Å². The van der Waals surface area contributed by atoms with Gasteiger partial charge in [-0.2, -0.15) is 0 Å². The highest BCUT2D eigenvalue weighted by atomic mass is 35.8. The Morgan fingerprint density at radius 2 is 0.941 bits per heavy atom. The van der Waals surface area contributed by atoms with Crippen LogP contribution in [0.15, 0.2) is 0 Å². The van der Waals surface area contributed by atoms with Crippen LogP contribution in [-0.4, -0.2) is 12.7 Å². The van der Waals surface area contributed by atoms with Crippen molar-refractivity contribution >= 4 is 39.2 Å². The van der Waals surface area contributed by atoms with Crippen molar-refractivity contribution < 1.29 is 4.39 Å². The second-order valence-corrected chi connectivity index (χ2v) is 13.9. The second kappa shape index (κ2) is 12.1. The van der Waals surface area contributed by atoms with Gasteiger partial charge < -0.3 is 0 Å². The van der Waals surface area contributed by atoms with E-state index in [1.54, 1.807) is 0 Å². The van der Waals surface area contributed by atoms with Gasteiger partial charge in [-0.15, -0.1) is 33.2 Å². The molecule has 0 rings (SSSR count). The number of hydrogen-bond acceptors (Lipinski definition) is 0. The molecule has 0 amide bonds. The molecule has 5 heteroatoms. The highest BCUT2D eigenvalue weighted by Gasteiger charge is 2.23. The molecular weight excluding hydrogens is 298 g/mol. The van der Waals surface area contributed by atoms with Gasteiger partial charge >= 0.3 is 6.00 Å². The van der Waals surface area contributed by atoms with E-state index < -0.39 is 6.00 Å². The van der Waals surface area contributed by atoms with Gasteiger partial charge in [0.2, 0.25) is 0 Å². The van der Waals surface area contributed by atoms with Crippen LogP contribution in [0.1, 0.15) is 64.2 Å². The smallest absolute Gasteiger partial charge is 0.251 e. The van der Waals surface area contributed by atoms with Crippen LogP contribution < -0.4 is 0 Å². The van der Waals surface area contributed by atoms with Crippen LogP contribution in [0, 0.1) is 0 Å². The number of rotatable bonds is 12. The third kappa shape index (κ3) is 17.0. The highest BCUT2D eigenvalue weighted by Crippen LogP contribution is 2.27. The van der Waals surface area contributed by atoms with E-state index in [-0.39, 0.29) is 6.67 Å². The Balaban J connectivity index is 2.99. The lowest BCUT2D eigenvalue weighted by molar-refractivity contribution is 0.449. The zero-order chi connectivity index (χ0) is 13.0. The van der Waals surface area contributed by atoms with Crippen molar-refractivity contribution in [3.8, 4) is 0 Å². The van der Waals surface area contributed by atoms with E-state index >= 15 is 0 Å². The summed E-state index contributed by atoms with van der Waals surface area (Å²) in [4.78, 5) is 0. The fourth-order valence-corrected chi connectivity index (χ4v) is 3.69. The van der Waals surface area contributed by atoms with Crippen molar-refractivity contribution in [1.82, 2.24) is 0 Å². The minimum absolute atomic E-state index is 0.160. The molecule has 0 spiro atoms. The molecule has 0 unspecified atom stereocenters. The summed E-state index contributed by atoms with van der Waals surface area (Å²) >= 11 is 17.4. The van der Waals surface area contributed by atoms with Gasteiger partial charge in [0.1, 0.15) is 0 Å². The van der Waals surface area contributed by atoms with Crippen molar-refractivity contribution in [3.05, 3.63) is 0 Å². The van der Waals surface area contributed by atoms with E-state index in [1.807, 2.05) is 0 Å². The van der Waals surface area contributed by atoms with Crippen LogP contribution in [0.2, 0.25) is 6.04 Å². The van der Waals surface area contributed by atoms with E-state index in [2.05, 4.69) is 0 Å². The minimum Gasteiger partial charge on any atom is -0.251 e. The maximum absolute atomic E-state index is 11.8. The number of unbranched alkanes of at least 4 members (excludes halogenated alkanes) is 9. The average molecular weight is 322 g/mol. The number of halogens is 4. The molecule has 17 heavy (non-hydrogen) atoms. The zero-order valence-electron chi connectivity index (χ0n) is 10.5. The molecular formula is C12H24Cl3FSi. The first-order valence-corrected chi connectivity index (χ1v) is 11.9. The maximum atomic E-state index is 11.8. The van der Waals surface area contributed by atoms with E-state index in [0.29, 0.717) is 0 Å². The second-order valence-electron chi connectivity index (χ2n) is 4.59. The van der Waals surface area contributed by atoms with Crippen LogP contribution in [-0.2, 0) is 0 Å².